The van der Waals surface area contributed by atoms with Gasteiger partial charge in [0, 0.05) is 49.5 Å². The first kappa shape index (κ1) is 12.9. The van der Waals surface area contributed by atoms with Gasteiger partial charge in [-0.05, 0) is 12.1 Å². The van der Waals surface area contributed by atoms with E-state index in [4.69, 9.17) is 5.73 Å². The molecule has 6 nitrogen and oxygen atoms in total. The van der Waals surface area contributed by atoms with E-state index in [9.17, 15) is 4.79 Å². The molecule has 104 valence electrons. The fraction of sp³-hybridized carbons (Fsp3) is 0.308. The number of nitrogens with zero attached hydrogens (tertiary/aromatic N) is 4. The molecule has 1 aliphatic heterocycles. The van der Waals surface area contributed by atoms with Crippen LogP contribution in [0, 0.1) is 0 Å². The molecule has 0 spiro atoms. The molecule has 0 atom stereocenters. The van der Waals surface area contributed by atoms with Crippen molar-refractivity contribution in [3.63, 3.8) is 0 Å². The largest absolute Gasteiger partial charge is 0.384 e. The van der Waals surface area contributed by atoms with Crippen molar-refractivity contribution >= 4 is 28.2 Å². The number of hydrogen-bond acceptors (Lipinski definition) is 6. The van der Waals surface area contributed by atoms with Gasteiger partial charge < -0.3 is 15.5 Å². The summed E-state index contributed by atoms with van der Waals surface area (Å²) in [4.78, 5) is 24.6. The highest BCUT2D eigenvalue weighted by atomic mass is 32.1. The lowest BCUT2D eigenvalue weighted by Gasteiger charge is -2.34. The fourth-order valence-corrected chi connectivity index (χ4v) is 2.93. The molecule has 2 N–H and O–H groups in total. The second-order valence-electron chi connectivity index (χ2n) is 4.56. The standard InChI is InChI=1S/C13H15N5OS/c14-11-9-10(1-2-15-11)12(19)17-4-6-18(7-5-17)13-16-3-8-20-13/h1-3,8-9H,4-7H2,(H2,14,15). The van der Waals surface area contributed by atoms with Crippen molar-refractivity contribution in [2.75, 3.05) is 36.8 Å². The van der Waals surface area contributed by atoms with Gasteiger partial charge in [0.15, 0.2) is 5.13 Å². The average molecular weight is 289 g/mol. The van der Waals surface area contributed by atoms with Crippen molar-refractivity contribution in [3.05, 3.63) is 35.5 Å². The van der Waals surface area contributed by atoms with Crippen LogP contribution in [-0.4, -0.2) is 47.0 Å². The molecule has 20 heavy (non-hydrogen) atoms. The van der Waals surface area contributed by atoms with Crippen LogP contribution in [0.1, 0.15) is 10.4 Å². The Morgan fingerprint density at radius 2 is 2.00 bits per heavy atom. The molecular weight excluding hydrogens is 274 g/mol. The molecule has 0 aliphatic carbocycles. The third-order valence-corrected chi connectivity index (χ3v) is 4.12. The number of nitrogens with two attached hydrogens (primary N) is 1. The molecule has 1 amide bonds. The summed E-state index contributed by atoms with van der Waals surface area (Å²) >= 11 is 1.62. The summed E-state index contributed by atoms with van der Waals surface area (Å²) in [7, 11) is 0. The van der Waals surface area contributed by atoms with Crippen LogP contribution in [0.5, 0.6) is 0 Å². The average Bonchev–Trinajstić information content (AvgIpc) is 3.01. The van der Waals surface area contributed by atoms with E-state index in [2.05, 4.69) is 14.9 Å². The first-order valence-corrected chi connectivity index (χ1v) is 7.27. The van der Waals surface area contributed by atoms with E-state index in [1.165, 1.54) is 0 Å². The molecule has 3 rings (SSSR count). The van der Waals surface area contributed by atoms with Crippen molar-refractivity contribution < 1.29 is 4.79 Å². The summed E-state index contributed by atoms with van der Waals surface area (Å²) in [6.07, 6.45) is 3.37. The Balaban J connectivity index is 1.65. The van der Waals surface area contributed by atoms with Gasteiger partial charge in [-0.25, -0.2) is 9.97 Å². The van der Waals surface area contributed by atoms with E-state index in [1.807, 2.05) is 10.3 Å². The number of nitrogen functional groups attached to an aromatic ring is 1. The Labute approximate surface area is 120 Å². The number of amides is 1. The first-order valence-electron chi connectivity index (χ1n) is 6.39. The summed E-state index contributed by atoms with van der Waals surface area (Å²) in [5, 5.41) is 2.98. The Morgan fingerprint density at radius 3 is 2.65 bits per heavy atom. The van der Waals surface area contributed by atoms with Gasteiger partial charge in [-0.1, -0.05) is 0 Å². The predicted molar refractivity (Wildman–Crippen MR) is 78.9 cm³/mol. The predicted octanol–water partition coefficient (Wildman–Crippen LogP) is 1.08. The maximum absolute atomic E-state index is 12.4. The molecule has 7 heteroatoms. The SMILES string of the molecule is Nc1cc(C(=O)N2CCN(c3nccs3)CC2)ccn1. The van der Waals surface area contributed by atoms with E-state index >= 15 is 0 Å². The lowest BCUT2D eigenvalue weighted by Crippen LogP contribution is -2.48. The Bertz CT molecular complexity index is 593. The highest BCUT2D eigenvalue weighted by Crippen LogP contribution is 2.19. The van der Waals surface area contributed by atoms with Crippen LogP contribution in [0.15, 0.2) is 29.9 Å². The van der Waals surface area contributed by atoms with Crippen LogP contribution in [-0.2, 0) is 0 Å². The zero-order chi connectivity index (χ0) is 13.9. The third kappa shape index (κ3) is 2.57. The van der Waals surface area contributed by atoms with Crippen LogP contribution in [0.2, 0.25) is 0 Å². The summed E-state index contributed by atoms with van der Waals surface area (Å²) in [6.45, 7) is 3.00. The van der Waals surface area contributed by atoms with Crippen LogP contribution in [0.4, 0.5) is 10.9 Å². The van der Waals surface area contributed by atoms with Crippen molar-refractivity contribution in [1.82, 2.24) is 14.9 Å². The lowest BCUT2D eigenvalue weighted by atomic mass is 10.2. The van der Waals surface area contributed by atoms with E-state index in [1.54, 1.807) is 35.9 Å². The van der Waals surface area contributed by atoms with Gasteiger partial charge >= 0.3 is 0 Å². The Kier molecular flexibility index (Phi) is 3.51. The van der Waals surface area contributed by atoms with E-state index < -0.39 is 0 Å². The van der Waals surface area contributed by atoms with Gasteiger partial charge in [-0.3, -0.25) is 4.79 Å². The normalized spacial score (nSPS) is 15.4. The van der Waals surface area contributed by atoms with Crippen LogP contribution < -0.4 is 10.6 Å². The van der Waals surface area contributed by atoms with Crippen molar-refractivity contribution in [1.29, 1.82) is 0 Å². The van der Waals surface area contributed by atoms with Gasteiger partial charge in [0.1, 0.15) is 5.82 Å². The molecule has 1 aliphatic rings. The zero-order valence-corrected chi connectivity index (χ0v) is 11.7. The number of piperazine rings is 1. The topological polar surface area (TPSA) is 75.4 Å². The van der Waals surface area contributed by atoms with Gasteiger partial charge in [-0.15, -0.1) is 11.3 Å². The molecule has 3 heterocycles. The highest BCUT2D eigenvalue weighted by Gasteiger charge is 2.23. The quantitative estimate of drug-likeness (QED) is 0.895. The molecule has 1 saturated heterocycles. The number of rotatable bonds is 2. The molecule has 2 aromatic heterocycles. The van der Waals surface area contributed by atoms with E-state index in [0.29, 0.717) is 24.5 Å². The number of thiazole rings is 1. The molecule has 0 saturated carbocycles. The molecule has 0 radical (unpaired) electrons. The molecule has 0 aromatic carbocycles. The lowest BCUT2D eigenvalue weighted by molar-refractivity contribution is 0.0746. The van der Waals surface area contributed by atoms with Crippen molar-refractivity contribution in [2.24, 2.45) is 0 Å². The number of pyridine rings is 1. The van der Waals surface area contributed by atoms with E-state index in [0.717, 1.165) is 18.2 Å². The van der Waals surface area contributed by atoms with Gasteiger partial charge in [-0.2, -0.15) is 0 Å². The van der Waals surface area contributed by atoms with Crippen LogP contribution >= 0.6 is 11.3 Å². The summed E-state index contributed by atoms with van der Waals surface area (Å²) < 4.78 is 0. The monoisotopic (exact) mass is 289 g/mol. The van der Waals surface area contributed by atoms with E-state index in [-0.39, 0.29) is 5.91 Å². The minimum atomic E-state index is 0.0119. The third-order valence-electron chi connectivity index (χ3n) is 3.28. The van der Waals surface area contributed by atoms with Gasteiger partial charge in [0.2, 0.25) is 0 Å². The first-order chi connectivity index (χ1) is 9.74. The van der Waals surface area contributed by atoms with Gasteiger partial charge in [0.25, 0.3) is 5.91 Å². The number of anilines is 2. The number of hydrogen-bond donors (Lipinski definition) is 1. The summed E-state index contributed by atoms with van der Waals surface area (Å²) in [5.74, 6) is 0.384. The van der Waals surface area contributed by atoms with Crippen LogP contribution in [0.25, 0.3) is 0 Å². The molecule has 2 aromatic rings. The smallest absolute Gasteiger partial charge is 0.254 e. The minimum absolute atomic E-state index is 0.0119. The van der Waals surface area contributed by atoms with Crippen molar-refractivity contribution in [3.8, 4) is 0 Å². The van der Waals surface area contributed by atoms with Gasteiger partial charge in [0.05, 0.1) is 0 Å². The number of carbonyl (C=O) groups is 1. The highest BCUT2D eigenvalue weighted by molar-refractivity contribution is 7.13. The number of aromatic nitrogens is 2. The second-order valence-corrected chi connectivity index (χ2v) is 5.44. The minimum Gasteiger partial charge on any atom is -0.384 e. The Hall–Kier alpha value is -2.15. The number of carbonyl (C=O) groups excluding carboxylic acids is 1. The van der Waals surface area contributed by atoms with Crippen molar-refractivity contribution in [2.45, 2.75) is 0 Å². The maximum Gasteiger partial charge on any atom is 0.254 e. The zero-order valence-electron chi connectivity index (χ0n) is 10.9. The molecule has 0 bridgehead atoms. The second kappa shape index (κ2) is 5.46. The summed E-state index contributed by atoms with van der Waals surface area (Å²) in [5.41, 5.74) is 6.21. The van der Waals surface area contributed by atoms with Crippen LogP contribution in [0.3, 0.4) is 0 Å². The summed E-state index contributed by atoms with van der Waals surface area (Å²) in [6, 6.07) is 3.32. The maximum atomic E-state index is 12.4. The fourth-order valence-electron chi connectivity index (χ4n) is 2.24. The molecule has 1 fully saturated rings. The molecule has 0 unspecified atom stereocenters. The molecular formula is C13H15N5OS. The Morgan fingerprint density at radius 1 is 1.20 bits per heavy atom.